The molecular formula is C19H24N4O. The van der Waals surface area contributed by atoms with E-state index in [1.807, 2.05) is 11.0 Å². The lowest BCUT2D eigenvalue weighted by molar-refractivity contribution is 0.0561. The highest BCUT2D eigenvalue weighted by atomic mass is 16.2. The Balaban J connectivity index is 1.80. The number of anilines is 1. The summed E-state index contributed by atoms with van der Waals surface area (Å²) in [5, 5.41) is 2.91. The Bertz CT molecular complexity index is 697. The van der Waals surface area contributed by atoms with Crippen LogP contribution in [0.4, 0.5) is 5.82 Å². The van der Waals surface area contributed by atoms with Crippen LogP contribution in [0.5, 0.6) is 0 Å². The molecule has 1 aliphatic heterocycles. The van der Waals surface area contributed by atoms with Gasteiger partial charge in [-0.05, 0) is 17.4 Å². The van der Waals surface area contributed by atoms with Crippen LogP contribution in [0.2, 0.25) is 0 Å². The standard InChI is InChI=1S/C19H24N4O/c1-19(2)9-10-23(13-15(19)14-7-5-4-6-8-14)18(24)16-11-22-17(20-3)12-21-16/h4-8,11-12,15H,9-10,13H2,1-3H3,(H,20,22). The van der Waals surface area contributed by atoms with E-state index in [1.165, 1.54) is 5.56 Å². The fraction of sp³-hybridized carbons (Fsp3) is 0.421. The summed E-state index contributed by atoms with van der Waals surface area (Å²) in [5.74, 6) is 0.941. The average Bonchev–Trinajstić information content (AvgIpc) is 2.62. The first-order valence-corrected chi connectivity index (χ1v) is 8.35. The maximum Gasteiger partial charge on any atom is 0.274 e. The molecule has 2 aromatic rings. The lowest BCUT2D eigenvalue weighted by atomic mass is 9.70. The molecule has 1 amide bonds. The number of rotatable bonds is 3. The number of amides is 1. The predicted octanol–water partition coefficient (Wildman–Crippen LogP) is 3.17. The molecule has 1 aromatic carbocycles. The molecule has 2 heterocycles. The highest BCUT2D eigenvalue weighted by molar-refractivity contribution is 5.92. The van der Waals surface area contributed by atoms with Gasteiger partial charge in [0.05, 0.1) is 12.4 Å². The van der Waals surface area contributed by atoms with Crippen molar-refractivity contribution in [1.82, 2.24) is 14.9 Å². The molecule has 0 bridgehead atoms. The topological polar surface area (TPSA) is 58.1 Å². The zero-order valence-corrected chi connectivity index (χ0v) is 14.5. The van der Waals surface area contributed by atoms with E-state index in [0.717, 1.165) is 13.0 Å². The highest BCUT2D eigenvalue weighted by Gasteiger charge is 2.38. The van der Waals surface area contributed by atoms with Gasteiger partial charge in [0.2, 0.25) is 0 Å². The molecule has 1 fully saturated rings. The molecular weight excluding hydrogens is 300 g/mol. The summed E-state index contributed by atoms with van der Waals surface area (Å²) in [7, 11) is 1.78. The number of hydrogen-bond acceptors (Lipinski definition) is 4. The van der Waals surface area contributed by atoms with E-state index in [-0.39, 0.29) is 11.3 Å². The van der Waals surface area contributed by atoms with E-state index in [2.05, 4.69) is 53.4 Å². The van der Waals surface area contributed by atoms with Crippen molar-refractivity contribution in [3.63, 3.8) is 0 Å². The lowest BCUT2D eigenvalue weighted by Gasteiger charge is -2.44. The van der Waals surface area contributed by atoms with Crippen LogP contribution in [0.25, 0.3) is 0 Å². The number of carbonyl (C=O) groups excluding carboxylic acids is 1. The maximum atomic E-state index is 12.8. The summed E-state index contributed by atoms with van der Waals surface area (Å²) in [6, 6.07) is 10.5. The molecule has 0 aliphatic carbocycles. The Morgan fingerprint density at radius 2 is 1.96 bits per heavy atom. The second kappa shape index (κ2) is 6.59. The number of likely N-dealkylation sites (tertiary alicyclic amines) is 1. The van der Waals surface area contributed by atoms with Gasteiger partial charge in [0.15, 0.2) is 0 Å². The minimum atomic E-state index is -0.0402. The zero-order valence-electron chi connectivity index (χ0n) is 14.5. The number of nitrogens with zero attached hydrogens (tertiary/aromatic N) is 3. The Labute approximate surface area is 143 Å². The van der Waals surface area contributed by atoms with Crippen molar-refractivity contribution in [2.24, 2.45) is 5.41 Å². The molecule has 5 nitrogen and oxygen atoms in total. The van der Waals surface area contributed by atoms with E-state index in [4.69, 9.17) is 0 Å². The van der Waals surface area contributed by atoms with Crippen LogP contribution < -0.4 is 5.32 Å². The van der Waals surface area contributed by atoms with Crippen molar-refractivity contribution >= 4 is 11.7 Å². The molecule has 5 heteroatoms. The van der Waals surface area contributed by atoms with Crippen molar-refractivity contribution in [2.45, 2.75) is 26.2 Å². The van der Waals surface area contributed by atoms with Crippen LogP contribution in [0.3, 0.4) is 0 Å². The SMILES string of the molecule is CNc1cnc(C(=O)N2CCC(C)(C)C(c3ccccc3)C2)cn1. The smallest absolute Gasteiger partial charge is 0.274 e. The van der Waals surface area contributed by atoms with Crippen LogP contribution in [-0.2, 0) is 0 Å². The molecule has 0 saturated carbocycles. The summed E-state index contributed by atoms with van der Waals surface area (Å²) in [5.41, 5.74) is 1.86. The van der Waals surface area contributed by atoms with Gasteiger partial charge in [-0.15, -0.1) is 0 Å². The number of hydrogen-bond donors (Lipinski definition) is 1. The van der Waals surface area contributed by atoms with Crippen LogP contribution in [-0.4, -0.2) is 40.9 Å². The Morgan fingerprint density at radius 3 is 2.58 bits per heavy atom. The van der Waals surface area contributed by atoms with Gasteiger partial charge < -0.3 is 10.2 Å². The van der Waals surface area contributed by atoms with Crippen LogP contribution >= 0.6 is 0 Å². The predicted molar refractivity (Wildman–Crippen MR) is 95.1 cm³/mol. The molecule has 1 unspecified atom stereocenters. The number of carbonyl (C=O) groups is 1. The van der Waals surface area contributed by atoms with E-state index in [1.54, 1.807) is 19.4 Å². The van der Waals surface area contributed by atoms with Gasteiger partial charge >= 0.3 is 0 Å². The Hall–Kier alpha value is -2.43. The van der Waals surface area contributed by atoms with Gasteiger partial charge in [-0.2, -0.15) is 0 Å². The van der Waals surface area contributed by atoms with Crippen molar-refractivity contribution in [3.05, 3.63) is 54.0 Å². The van der Waals surface area contributed by atoms with Crippen molar-refractivity contribution in [3.8, 4) is 0 Å². The monoisotopic (exact) mass is 324 g/mol. The van der Waals surface area contributed by atoms with Gasteiger partial charge in [0, 0.05) is 26.1 Å². The molecule has 1 aliphatic rings. The average molecular weight is 324 g/mol. The summed E-state index contributed by atoms with van der Waals surface area (Å²) >= 11 is 0. The molecule has 24 heavy (non-hydrogen) atoms. The van der Waals surface area contributed by atoms with Crippen molar-refractivity contribution in [2.75, 3.05) is 25.5 Å². The zero-order chi connectivity index (χ0) is 17.2. The first-order valence-electron chi connectivity index (χ1n) is 8.35. The van der Waals surface area contributed by atoms with Gasteiger partial charge in [-0.1, -0.05) is 44.2 Å². The second-order valence-corrected chi connectivity index (χ2v) is 6.99. The normalized spacial score (nSPS) is 19.8. The fourth-order valence-corrected chi connectivity index (χ4v) is 3.31. The molecule has 3 rings (SSSR count). The minimum Gasteiger partial charge on any atom is -0.372 e. The van der Waals surface area contributed by atoms with Crippen LogP contribution in [0.15, 0.2) is 42.7 Å². The van der Waals surface area contributed by atoms with E-state index < -0.39 is 0 Å². The van der Waals surface area contributed by atoms with Crippen LogP contribution in [0.1, 0.15) is 42.2 Å². The molecule has 1 atom stereocenters. The molecule has 1 aromatic heterocycles. The molecule has 1 N–H and O–H groups in total. The van der Waals surface area contributed by atoms with Crippen LogP contribution in [0, 0.1) is 5.41 Å². The van der Waals surface area contributed by atoms with Crippen molar-refractivity contribution < 1.29 is 4.79 Å². The molecule has 0 spiro atoms. The molecule has 1 saturated heterocycles. The Morgan fingerprint density at radius 1 is 1.21 bits per heavy atom. The Kier molecular flexibility index (Phi) is 4.51. The summed E-state index contributed by atoms with van der Waals surface area (Å²) in [6.45, 7) is 6.04. The maximum absolute atomic E-state index is 12.8. The largest absolute Gasteiger partial charge is 0.372 e. The third-order valence-corrected chi connectivity index (χ3v) is 4.99. The number of piperidine rings is 1. The first kappa shape index (κ1) is 16.4. The third-order valence-electron chi connectivity index (χ3n) is 4.99. The second-order valence-electron chi connectivity index (χ2n) is 6.99. The summed E-state index contributed by atoms with van der Waals surface area (Å²) in [6.07, 6.45) is 4.11. The molecule has 0 radical (unpaired) electrons. The van der Waals surface area contributed by atoms with Crippen molar-refractivity contribution in [1.29, 1.82) is 0 Å². The van der Waals surface area contributed by atoms with Gasteiger partial charge in [0.25, 0.3) is 5.91 Å². The first-order chi connectivity index (χ1) is 11.5. The molecule has 126 valence electrons. The van der Waals surface area contributed by atoms with Gasteiger partial charge in [-0.3, -0.25) is 4.79 Å². The fourth-order valence-electron chi connectivity index (χ4n) is 3.31. The van der Waals surface area contributed by atoms with Gasteiger partial charge in [-0.25, -0.2) is 9.97 Å². The summed E-state index contributed by atoms with van der Waals surface area (Å²) in [4.78, 5) is 23.1. The quantitative estimate of drug-likeness (QED) is 0.942. The van der Waals surface area contributed by atoms with E-state index in [9.17, 15) is 4.79 Å². The van der Waals surface area contributed by atoms with E-state index >= 15 is 0 Å². The third kappa shape index (κ3) is 3.25. The lowest BCUT2D eigenvalue weighted by Crippen LogP contribution is -2.46. The van der Waals surface area contributed by atoms with Gasteiger partial charge in [0.1, 0.15) is 11.5 Å². The number of aromatic nitrogens is 2. The number of benzene rings is 1. The number of nitrogens with one attached hydrogen (secondary N) is 1. The minimum absolute atomic E-state index is 0.0402. The summed E-state index contributed by atoms with van der Waals surface area (Å²) < 4.78 is 0. The highest BCUT2D eigenvalue weighted by Crippen LogP contribution is 2.42. The van der Waals surface area contributed by atoms with E-state index in [0.29, 0.717) is 24.0 Å².